The van der Waals surface area contributed by atoms with Crippen molar-refractivity contribution in [2.24, 2.45) is 0 Å². The van der Waals surface area contributed by atoms with Crippen LogP contribution >= 0.6 is 23.2 Å². The number of halogens is 2. The van der Waals surface area contributed by atoms with Crippen LogP contribution in [0.25, 0.3) is 0 Å². The molecule has 0 saturated carbocycles. The molecular weight excluding hydrogens is 453 g/mol. The number of hydrogen-bond acceptors (Lipinski definition) is 5. The smallest absolute Gasteiger partial charge is 0.292 e. The Labute approximate surface area is 194 Å². The minimum atomic E-state index is -0.467. The van der Waals surface area contributed by atoms with Gasteiger partial charge in [0.05, 0.1) is 13.7 Å². The van der Waals surface area contributed by atoms with Crippen LogP contribution in [0.1, 0.15) is 21.9 Å². The molecular formula is C23H19Cl2N3O4. The Balaban J connectivity index is 1.36. The van der Waals surface area contributed by atoms with Gasteiger partial charge in [-0.2, -0.15) is 5.10 Å². The molecule has 0 radical (unpaired) electrons. The molecule has 32 heavy (non-hydrogen) atoms. The van der Waals surface area contributed by atoms with Gasteiger partial charge in [-0.25, -0.2) is 0 Å². The Bertz CT molecular complexity index is 1220. The highest BCUT2D eigenvalue weighted by atomic mass is 35.5. The van der Waals surface area contributed by atoms with Crippen LogP contribution in [-0.2, 0) is 13.2 Å². The first kappa shape index (κ1) is 21.8. The number of aromatic nitrogens is 2. The summed E-state index contributed by atoms with van der Waals surface area (Å²) in [5.74, 6) is 1.78. The van der Waals surface area contributed by atoms with E-state index >= 15 is 0 Å². The molecule has 0 aliphatic carbocycles. The molecule has 2 heterocycles. The van der Waals surface area contributed by atoms with E-state index in [1.165, 1.54) is 0 Å². The van der Waals surface area contributed by atoms with Gasteiger partial charge < -0.3 is 19.2 Å². The largest absolute Gasteiger partial charge is 0.497 e. The molecule has 0 atom stereocenters. The van der Waals surface area contributed by atoms with Gasteiger partial charge in [-0.05, 0) is 48.0 Å². The second kappa shape index (κ2) is 9.80. The monoisotopic (exact) mass is 471 g/mol. The van der Waals surface area contributed by atoms with Gasteiger partial charge in [-0.1, -0.05) is 41.4 Å². The number of hydrogen-bond donors (Lipinski definition) is 1. The van der Waals surface area contributed by atoms with Gasteiger partial charge in [0.25, 0.3) is 5.91 Å². The summed E-state index contributed by atoms with van der Waals surface area (Å²) in [6.45, 7) is 0.593. The number of ether oxygens (including phenoxy) is 2. The van der Waals surface area contributed by atoms with E-state index < -0.39 is 5.91 Å². The maximum Gasteiger partial charge on any atom is 0.292 e. The molecule has 164 valence electrons. The molecule has 9 heteroatoms. The number of anilines is 1. The number of carbonyl (C=O) groups excluding carboxylic acids is 1. The number of furan rings is 1. The second-order valence-corrected chi connectivity index (χ2v) is 7.61. The predicted octanol–water partition coefficient (Wildman–Crippen LogP) is 5.67. The van der Waals surface area contributed by atoms with Gasteiger partial charge in [0, 0.05) is 11.2 Å². The lowest BCUT2D eigenvalue weighted by atomic mass is 10.2. The number of nitrogens with zero attached hydrogens (tertiary/aromatic N) is 2. The summed E-state index contributed by atoms with van der Waals surface area (Å²) in [6.07, 6.45) is 1.62. The fourth-order valence-corrected chi connectivity index (χ4v) is 3.33. The van der Waals surface area contributed by atoms with Gasteiger partial charge in [0.1, 0.15) is 28.9 Å². The topological polar surface area (TPSA) is 78.5 Å². The van der Waals surface area contributed by atoms with Gasteiger partial charge >= 0.3 is 0 Å². The van der Waals surface area contributed by atoms with Crippen molar-refractivity contribution in [1.82, 2.24) is 9.78 Å². The van der Waals surface area contributed by atoms with E-state index in [4.69, 9.17) is 37.1 Å². The summed E-state index contributed by atoms with van der Waals surface area (Å²) in [6, 6.07) is 17.9. The Morgan fingerprint density at radius 3 is 2.53 bits per heavy atom. The summed E-state index contributed by atoms with van der Waals surface area (Å²) in [7, 11) is 1.60. The van der Waals surface area contributed by atoms with Crippen molar-refractivity contribution in [3.8, 4) is 11.5 Å². The van der Waals surface area contributed by atoms with Crippen LogP contribution in [0.5, 0.6) is 11.5 Å². The molecule has 0 unspecified atom stereocenters. The zero-order valence-corrected chi connectivity index (χ0v) is 18.6. The molecule has 0 saturated heterocycles. The number of rotatable bonds is 8. The molecule has 4 aromatic rings. The molecule has 0 bridgehead atoms. The Morgan fingerprint density at radius 1 is 1.03 bits per heavy atom. The van der Waals surface area contributed by atoms with Crippen LogP contribution in [0, 0.1) is 0 Å². The summed E-state index contributed by atoms with van der Waals surface area (Å²) >= 11 is 12.4. The molecule has 1 N–H and O–H groups in total. The molecule has 4 rings (SSSR count). The fourth-order valence-electron chi connectivity index (χ4n) is 2.94. The molecule has 0 aliphatic heterocycles. The lowest BCUT2D eigenvalue weighted by Crippen LogP contribution is -2.12. The normalized spacial score (nSPS) is 10.7. The third-order valence-electron chi connectivity index (χ3n) is 4.57. The minimum absolute atomic E-state index is 0.120. The summed E-state index contributed by atoms with van der Waals surface area (Å²) in [5, 5.41) is 7.92. The maximum atomic E-state index is 12.6. The van der Waals surface area contributed by atoms with Crippen molar-refractivity contribution in [3.05, 3.63) is 94.0 Å². The number of benzene rings is 2. The average Bonchev–Trinajstić information content (AvgIpc) is 3.41. The van der Waals surface area contributed by atoms with Gasteiger partial charge in [0.2, 0.25) is 0 Å². The molecule has 0 fully saturated rings. The van der Waals surface area contributed by atoms with Crippen molar-refractivity contribution in [2.45, 2.75) is 13.2 Å². The van der Waals surface area contributed by atoms with Crippen LogP contribution in [0.3, 0.4) is 0 Å². The quantitative estimate of drug-likeness (QED) is 0.358. The molecule has 1 amide bonds. The first-order valence-electron chi connectivity index (χ1n) is 9.65. The number of amides is 1. The standard InChI is InChI=1S/C23H19Cl2N3O4/c1-30-16-6-8-17(9-7-16)31-14-18-10-11-21(32-18)23(29)26-22-20(25)13-28(27-22)12-15-4-2-3-5-19(15)24/h2-11,13H,12,14H2,1H3,(H,26,27,29). The highest BCUT2D eigenvalue weighted by Crippen LogP contribution is 2.23. The number of nitrogens with one attached hydrogen (secondary N) is 1. The van der Waals surface area contributed by atoms with Gasteiger partial charge in [0.15, 0.2) is 11.6 Å². The molecule has 2 aromatic carbocycles. The molecule has 0 spiro atoms. The first-order valence-corrected chi connectivity index (χ1v) is 10.4. The summed E-state index contributed by atoms with van der Waals surface area (Å²) in [5.41, 5.74) is 0.888. The molecule has 7 nitrogen and oxygen atoms in total. The zero-order chi connectivity index (χ0) is 22.5. The highest BCUT2D eigenvalue weighted by Gasteiger charge is 2.16. The van der Waals surface area contributed by atoms with E-state index in [-0.39, 0.29) is 18.2 Å². The zero-order valence-electron chi connectivity index (χ0n) is 17.0. The maximum absolute atomic E-state index is 12.6. The number of methoxy groups -OCH3 is 1. The highest BCUT2D eigenvalue weighted by molar-refractivity contribution is 6.33. The molecule has 0 aliphatic rings. The van der Waals surface area contributed by atoms with Gasteiger partial charge in [-0.3, -0.25) is 9.48 Å². The Kier molecular flexibility index (Phi) is 6.68. The van der Waals surface area contributed by atoms with Crippen molar-refractivity contribution in [3.63, 3.8) is 0 Å². The van der Waals surface area contributed by atoms with Crippen molar-refractivity contribution >= 4 is 34.9 Å². The SMILES string of the molecule is COc1ccc(OCc2ccc(C(=O)Nc3nn(Cc4ccccc4Cl)cc3Cl)o2)cc1. The van der Waals surface area contributed by atoms with Crippen LogP contribution < -0.4 is 14.8 Å². The van der Waals surface area contributed by atoms with E-state index in [2.05, 4.69) is 10.4 Å². The van der Waals surface area contributed by atoms with Crippen LogP contribution in [-0.4, -0.2) is 22.8 Å². The third kappa shape index (κ3) is 5.25. The third-order valence-corrected chi connectivity index (χ3v) is 5.21. The summed E-state index contributed by atoms with van der Waals surface area (Å²) < 4.78 is 18.0. The molecule has 2 aromatic heterocycles. The summed E-state index contributed by atoms with van der Waals surface area (Å²) in [4.78, 5) is 12.6. The minimum Gasteiger partial charge on any atom is -0.497 e. The average molecular weight is 472 g/mol. The fraction of sp³-hybridized carbons (Fsp3) is 0.130. The van der Waals surface area contributed by atoms with Gasteiger partial charge in [-0.15, -0.1) is 0 Å². The Hall–Kier alpha value is -3.42. The lowest BCUT2D eigenvalue weighted by Gasteiger charge is -2.05. The Morgan fingerprint density at radius 2 is 1.78 bits per heavy atom. The van der Waals surface area contributed by atoms with E-state index in [1.54, 1.807) is 60.5 Å². The van der Waals surface area contributed by atoms with E-state index in [0.29, 0.717) is 28.1 Å². The predicted molar refractivity (Wildman–Crippen MR) is 122 cm³/mol. The van der Waals surface area contributed by atoms with Crippen LogP contribution in [0.15, 0.2) is 71.3 Å². The first-order chi connectivity index (χ1) is 15.5. The van der Waals surface area contributed by atoms with Crippen molar-refractivity contribution in [1.29, 1.82) is 0 Å². The van der Waals surface area contributed by atoms with E-state index in [9.17, 15) is 4.79 Å². The van der Waals surface area contributed by atoms with Crippen LogP contribution in [0.2, 0.25) is 10.0 Å². The number of carbonyl (C=O) groups is 1. The van der Waals surface area contributed by atoms with Crippen molar-refractivity contribution < 1.29 is 18.7 Å². The van der Waals surface area contributed by atoms with Crippen molar-refractivity contribution in [2.75, 3.05) is 12.4 Å². The lowest BCUT2D eigenvalue weighted by molar-refractivity contribution is 0.0992. The van der Waals surface area contributed by atoms with E-state index in [0.717, 1.165) is 11.3 Å². The van der Waals surface area contributed by atoms with E-state index in [1.807, 2.05) is 18.2 Å². The second-order valence-electron chi connectivity index (χ2n) is 6.80. The van der Waals surface area contributed by atoms with Crippen LogP contribution in [0.4, 0.5) is 5.82 Å².